The van der Waals surface area contributed by atoms with E-state index in [2.05, 4.69) is 19.1 Å². The summed E-state index contributed by atoms with van der Waals surface area (Å²) in [6.45, 7) is 6.51. The molecular formula is C16H25ClN2OS. The van der Waals surface area contributed by atoms with Crippen LogP contribution in [0.3, 0.4) is 0 Å². The van der Waals surface area contributed by atoms with Crippen molar-refractivity contribution in [2.24, 2.45) is 17.1 Å². The fourth-order valence-corrected chi connectivity index (χ4v) is 3.43. The van der Waals surface area contributed by atoms with Gasteiger partial charge in [-0.15, -0.1) is 24.2 Å². The minimum absolute atomic E-state index is 0. The van der Waals surface area contributed by atoms with Gasteiger partial charge in [-0.3, -0.25) is 4.79 Å². The van der Waals surface area contributed by atoms with Gasteiger partial charge in [0.15, 0.2) is 0 Å². The van der Waals surface area contributed by atoms with Gasteiger partial charge in [0, 0.05) is 29.7 Å². The Bertz CT molecular complexity index is 457. The Labute approximate surface area is 138 Å². The van der Waals surface area contributed by atoms with Crippen molar-refractivity contribution in [1.82, 2.24) is 4.90 Å². The van der Waals surface area contributed by atoms with E-state index in [1.807, 2.05) is 30.0 Å². The van der Waals surface area contributed by atoms with Crippen LogP contribution >= 0.6 is 24.2 Å². The first-order chi connectivity index (χ1) is 9.54. The van der Waals surface area contributed by atoms with Crippen molar-refractivity contribution in [2.75, 3.05) is 25.4 Å². The normalized spacial score (nSPS) is 22.7. The summed E-state index contributed by atoms with van der Waals surface area (Å²) in [5.41, 5.74) is 5.91. The number of benzene rings is 1. The molecule has 2 rings (SSSR count). The first kappa shape index (κ1) is 18.3. The highest BCUT2D eigenvalue weighted by molar-refractivity contribution is 7.99. The zero-order valence-electron chi connectivity index (χ0n) is 12.7. The molecule has 1 heterocycles. The number of rotatable bonds is 5. The maximum atomic E-state index is 12.4. The third kappa shape index (κ3) is 4.90. The fourth-order valence-electron chi connectivity index (χ4n) is 2.50. The molecule has 1 amide bonds. The molecule has 5 heteroatoms. The Balaban J connectivity index is 0.00000220. The molecule has 2 unspecified atom stereocenters. The van der Waals surface area contributed by atoms with Crippen LogP contribution in [0.2, 0.25) is 0 Å². The number of nitrogens with zero attached hydrogens (tertiary/aromatic N) is 1. The molecule has 1 aliphatic heterocycles. The van der Waals surface area contributed by atoms with Gasteiger partial charge in [0.2, 0.25) is 5.91 Å². The SMILES string of the molecule is CC(CSc1ccccc1)C(=O)N1CCC(C)(CN)C1.Cl. The summed E-state index contributed by atoms with van der Waals surface area (Å²) in [5, 5.41) is 0. The van der Waals surface area contributed by atoms with E-state index in [1.54, 1.807) is 11.8 Å². The molecule has 3 nitrogen and oxygen atoms in total. The van der Waals surface area contributed by atoms with E-state index in [-0.39, 0.29) is 29.6 Å². The van der Waals surface area contributed by atoms with E-state index in [0.29, 0.717) is 6.54 Å². The average Bonchev–Trinajstić information content (AvgIpc) is 2.88. The Morgan fingerprint density at radius 2 is 2.10 bits per heavy atom. The third-order valence-electron chi connectivity index (χ3n) is 4.03. The van der Waals surface area contributed by atoms with Crippen LogP contribution in [0.1, 0.15) is 20.3 Å². The predicted octanol–water partition coefficient (Wildman–Crippen LogP) is 3.03. The van der Waals surface area contributed by atoms with Crippen LogP contribution in [0.15, 0.2) is 35.2 Å². The summed E-state index contributed by atoms with van der Waals surface area (Å²) in [6, 6.07) is 10.2. The monoisotopic (exact) mass is 328 g/mol. The second kappa shape index (κ2) is 8.06. The number of nitrogens with two attached hydrogens (primary N) is 1. The minimum Gasteiger partial charge on any atom is -0.342 e. The van der Waals surface area contributed by atoms with Gasteiger partial charge in [-0.2, -0.15) is 0 Å². The molecule has 1 aliphatic rings. The van der Waals surface area contributed by atoms with Gasteiger partial charge < -0.3 is 10.6 Å². The number of hydrogen-bond donors (Lipinski definition) is 1. The Morgan fingerprint density at radius 3 is 2.67 bits per heavy atom. The van der Waals surface area contributed by atoms with Crippen molar-refractivity contribution in [1.29, 1.82) is 0 Å². The second-order valence-electron chi connectivity index (χ2n) is 6.05. The minimum atomic E-state index is 0. The Kier molecular flexibility index (Phi) is 7.04. The first-order valence-corrected chi connectivity index (χ1v) is 8.19. The lowest BCUT2D eigenvalue weighted by Crippen LogP contribution is -2.37. The van der Waals surface area contributed by atoms with Crippen LogP contribution in [0.5, 0.6) is 0 Å². The average molecular weight is 329 g/mol. The lowest BCUT2D eigenvalue weighted by Gasteiger charge is -2.24. The summed E-state index contributed by atoms with van der Waals surface area (Å²) in [6.07, 6.45) is 1.02. The lowest BCUT2D eigenvalue weighted by atomic mass is 9.90. The van der Waals surface area contributed by atoms with Crippen LogP contribution in [-0.4, -0.2) is 36.2 Å². The number of likely N-dealkylation sites (tertiary alicyclic amines) is 1. The van der Waals surface area contributed by atoms with Gasteiger partial charge in [0.1, 0.15) is 0 Å². The van der Waals surface area contributed by atoms with E-state index in [9.17, 15) is 4.79 Å². The number of thioether (sulfide) groups is 1. The molecule has 1 saturated heterocycles. The molecule has 2 atom stereocenters. The summed E-state index contributed by atoms with van der Waals surface area (Å²) in [7, 11) is 0. The topological polar surface area (TPSA) is 46.3 Å². The molecule has 1 fully saturated rings. The van der Waals surface area contributed by atoms with Crippen LogP contribution in [0.4, 0.5) is 0 Å². The highest BCUT2D eigenvalue weighted by atomic mass is 35.5. The third-order valence-corrected chi connectivity index (χ3v) is 5.30. The van der Waals surface area contributed by atoms with E-state index in [1.165, 1.54) is 4.90 Å². The number of carbonyl (C=O) groups is 1. The largest absolute Gasteiger partial charge is 0.342 e. The summed E-state index contributed by atoms with van der Waals surface area (Å²) >= 11 is 1.75. The quantitative estimate of drug-likeness (QED) is 0.845. The van der Waals surface area contributed by atoms with Crippen LogP contribution in [0, 0.1) is 11.3 Å². The zero-order valence-corrected chi connectivity index (χ0v) is 14.4. The van der Waals surface area contributed by atoms with Gasteiger partial charge in [-0.05, 0) is 30.5 Å². The second-order valence-corrected chi connectivity index (χ2v) is 7.14. The van der Waals surface area contributed by atoms with Crippen molar-refractivity contribution < 1.29 is 4.79 Å². The summed E-state index contributed by atoms with van der Waals surface area (Å²) in [4.78, 5) is 15.7. The van der Waals surface area contributed by atoms with Crippen molar-refractivity contribution >= 4 is 30.1 Å². The van der Waals surface area contributed by atoms with Crippen molar-refractivity contribution in [3.8, 4) is 0 Å². The molecule has 118 valence electrons. The smallest absolute Gasteiger partial charge is 0.226 e. The number of halogens is 1. The molecule has 2 N–H and O–H groups in total. The number of carbonyl (C=O) groups excluding carboxylic acids is 1. The van der Waals surface area contributed by atoms with Crippen molar-refractivity contribution in [2.45, 2.75) is 25.2 Å². The molecule has 1 aromatic carbocycles. The first-order valence-electron chi connectivity index (χ1n) is 7.21. The molecule has 0 bridgehead atoms. The van der Waals surface area contributed by atoms with Crippen LogP contribution in [0.25, 0.3) is 0 Å². The Morgan fingerprint density at radius 1 is 1.43 bits per heavy atom. The van der Waals surface area contributed by atoms with E-state index < -0.39 is 0 Å². The molecule has 0 aliphatic carbocycles. The van der Waals surface area contributed by atoms with Gasteiger partial charge in [-0.1, -0.05) is 32.0 Å². The van der Waals surface area contributed by atoms with Crippen LogP contribution in [-0.2, 0) is 4.79 Å². The summed E-state index contributed by atoms with van der Waals surface area (Å²) < 4.78 is 0. The Hall–Kier alpha value is -0.710. The standard InChI is InChI=1S/C16H24N2OS.ClH/c1-13(10-20-14-6-4-3-5-7-14)15(19)18-9-8-16(2,11-17)12-18;/h3-7,13H,8-12,17H2,1-2H3;1H. The van der Waals surface area contributed by atoms with Crippen molar-refractivity contribution in [3.63, 3.8) is 0 Å². The molecule has 21 heavy (non-hydrogen) atoms. The van der Waals surface area contributed by atoms with Gasteiger partial charge in [0.25, 0.3) is 0 Å². The number of amides is 1. The van der Waals surface area contributed by atoms with E-state index in [0.717, 1.165) is 25.3 Å². The highest BCUT2D eigenvalue weighted by Gasteiger charge is 2.36. The molecule has 0 aromatic heterocycles. The molecule has 0 saturated carbocycles. The van der Waals surface area contributed by atoms with Gasteiger partial charge in [-0.25, -0.2) is 0 Å². The maximum absolute atomic E-state index is 12.4. The van der Waals surface area contributed by atoms with Gasteiger partial charge in [0.05, 0.1) is 0 Å². The van der Waals surface area contributed by atoms with Gasteiger partial charge >= 0.3 is 0 Å². The van der Waals surface area contributed by atoms with Crippen molar-refractivity contribution in [3.05, 3.63) is 30.3 Å². The predicted molar refractivity (Wildman–Crippen MR) is 91.9 cm³/mol. The maximum Gasteiger partial charge on any atom is 0.226 e. The number of hydrogen-bond acceptors (Lipinski definition) is 3. The summed E-state index contributed by atoms with van der Waals surface area (Å²) in [5.74, 6) is 1.16. The van der Waals surface area contributed by atoms with Crippen LogP contribution < -0.4 is 5.73 Å². The van der Waals surface area contributed by atoms with E-state index >= 15 is 0 Å². The molecular weight excluding hydrogens is 304 g/mol. The highest BCUT2D eigenvalue weighted by Crippen LogP contribution is 2.30. The fraction of sp³-hybridized carbons (Fsp3) is 0.562. The van der Waals surface area contributed by atoms with E-state index in [4.69, 9.17) is 5.73 Å². The molecule has 1 aromatic rings. The molecule has 0 radical (unpaired) electrons. The zero-order chi connectivity index (χ0) is 14.6. The lowest BCUT2D eigenvalue weighted by molar-refractivity contribution is -0.133. The molecule has 0 spiro atoms.